The van der Waals surface area contributed by atoms with Crippen molar-refractivity contribution in [2.75, 3.05) is 12.3 Å². The second-order valence-corrected chi connectivity index (χ2v) is 4.90. The summed E-state index contributed by atoms with van der Waals surface area (Å²) in [6.45, 7) is 0.640. The van der Waals surface area contributed by atoms with Gasteiger partial charge in [-0.3, -0.25) is 0 Å². The van der Waals surface area contributed by atoms with Gasteiger partial charge < -0.3 is 15.0 Å². The summed E-state index contributed by atoms with van der Waals surface area (Å²) >= 11 is 0. The van der Waals surface area contributed by atoms with E-state index in [9.17, 15) is 4.39 Å². The molecule has 2 aromatic rings. The van der Waals surface area contributed by atoms with Crippen molar-refractivity contribution < 1.29 is 13.7 Å². The first-order valence-corrected chi connectivity index (χ1v) is 6.36. The zero-order valence-corrected chi connectivity index (χ0v) is 10.4. The smallest absolute Gasteiger partial charge is 0.169 e. The first-order valence-electron chi connectivity index (χ1n) is 6.36. The van der Waals surface area contributed by atoms with Crippen LogP contribution in [0.25, 0.3) is 11.3 Å². The Morgan fingerprint density at radius 2 is 2.16 bits per heavy atom. The first kappa shape index (κ1) is 12.0. The minimum atomic E-state index is -0.365. The van der Waals surface area contributed by atoms with Gasteiger partial charge in [0.05, 0.1) is 6.61 Å². The van der Waals surface area contributed by atoms with Gasteiger partial charge in [0.2, 0.25) is 0 Å². The van der Waals surface area contributed by atoms with E-state index in [0.717, 1.165) is 0 Å². The summed E-state index contributed by atoms with van der Waals surface area (Å²) in [4.78, 5) is 0. The van der Waals surface area contributed by atoms with Gasteiger partial charge in [-0.2, -0.15) is 0 Å². The lowest BCUT2D eigenvalue weighted by Crippen LogP contribution is -2.19. The van der Waals surface area contributed by atoms with Gasteiger partial charge in [-0.1, -0.05) is 11.6 Å². The number of nitrogen functional groups attached to an aromatic ring is 1. The Morgan fingerprint density at radius 1 is 1.32 bits per heavy atom. The summed E-state index contributed by atoms with van der Waals surface area (Å²) < 4.78 is 24.2. The summed E-state index contributed by atoms with van der Waals surface area (Å²) in [6, 6.07) is 6.05. The van der Waals surface area contributed by atoms with Crippen LogP contribution in [0.2, 0.25) is 0 Å². The van der Waals surface area contributed by atoms with Crippen molar-refractivity contribution in [3.63, 3.8) is 0 Å². The molecule has 3 rings (SSSR count). The van der Waals surface area contributed by atoms with Gasteiger partial charge in [0.25, 0.3) is 0 Å². The molecule has 19 heavy (non-hydrogen) atoms. The van der Waals surface area contributed by atoms with Crippen LogP contribution in [0.4, 0.5) is 10.2 Å². The molecule has 1 aromatic carbocycles. The maximum absolute atomic E-state index is 13.6. The fraction of sp³-hybridized carbons (Fsp3) is 0.357. The average Bonchev–Trinajstić information content (AvgIpc) is 2.73. The van der Waals surface area contributed by atoms with Crippen molar-refractivity contribution in [1.29, 1.82) is 0 Å². The van der Waals surface area contributed by atoms with Crippen LogP contribution >= 0.6 is 0 Å². The average molecular weight is 262 g/mol. The number of ether oxygens (including phenoxy) is 1. The highest BCUT2D eigenvalue weighted by atomic mass is 19.1. The normalized spacial score (nSPS) is 15.2. The molecule has 1 fully saturated rings. The quantitative estimate of drug-likeness (QED) is 0.918. The molecule has 1 aromatic heterocycles. The molecule has 1 heterocycles. The van der Waals surface area contributed by atoms with E-state index in [-0.39, 0.29) is 11.6 Å². The number of hydrogen-bond acceptors (Lipinski definition) is 4. The lowest BCUT2D eigenvalue weighted by atomic mass is 9.86. The van der Waals surface area contributed by atoms with E-state index in [4.69, 9.17) is 15.0 Å². The fourth-order valence-electron chi connectivity index (χ4n) is 2.09. The maximum Gasteiger partial charge on any atom is 0.169 e. The molecule has 0 unspecified atom stereocenters. The summed E-state index contributed by atoms with van der Waals surface area (Å²) in [5, 5.41) is 3.59. The Morgan fingerprint density at radius 3 is 2.79 bits per heavy atom. The van der Waals surface area contributed by atoms with Crippen LogP contribution in [0.1, 0.15) is 19.3 Å². The van der Waals surface area contributed by atoms with Gasteiger partial charge in [0.1, 0.15) is 11.6 Å². The lowest BCUT2D eigenvalue weighted by molar-refractivity contribution is 0.180. The van der Waals surface area contributed by atoms with E-state index in [1.165, 1.54) is 31.4 Å². The van der Waals surface area contributed by atoms with E-state index in [1.807, 2.05) is 0 Å². The van der Waals surface area contributed by atoms with Crippen molar-refractivity contribution >= 4 is 5.82 Å². The van der Waals surface area contributed by atoms with Crippen molar-refractivity contribution in [3.05, 3.63) is 30.1 Å². The van der Waals surface area contributed by atoms with Gasteiger partial charge in [-0.25, -0.2) is 4.39 Å². The number of nitrogens with zero attached hydrogens (tertiary/aromatic N) is 1. The Balaban J connectivity index is 1.78. The van der Waals surface area contributed by atoms with E-state index in [0.29, 0.717) is 29.6 Å². The molecule has 0 radical (unpaired) electrons. The van der Waals surface area contributed by atoms with E-state index in [1.54, 1.807) is 12.1 Å². The largest absolute Gasteiger partial charge is 0.493 e. The topological polar surface area (TPSA) is 61.3 Å². The molecule has 0 amide bonds. The van der Waals surface area contributed by atoms with Crippen LogP contribution < -0.4 is 10.5 Å². The SMILES string of the molecule is Nc1cc(-c2cc(F)cc(OCC3CCC3)c2)on1. The third kappa shape index (κ3) is 2.70. The predicted octanol–water partition coefficient (Wildman–Crippen LogP) is 3.24. The minimum absolute atomic E-state index is 0.274. The summed E-state index contributed by atoms with van der Waals surface area (Å²) in [5.41, 5.74) is 6.06. The van der Waals surface area contributed by atoms with Crippen LogP contribution in [0.15, 0.2) is 28.8 Å². The molecule has 100 valence electrons. The highest BCUT2D eigenvalue weighted by molar-refractivity contribution is 5.62. The molecule has 0 aliphatic heterocycles. The van der Waals surface area contributed by atoms with E-state index < -0.39 is 0 Å². The summed E-state index contributed by atoms with van der Waals surface area (Å²) in [6.07, 6.45) is 3.65. The van der Waals surface area contributed by atoms with Crippen LogP contribution in [-0.4, -0.2) is 11.8 Å². The molecule has 5 heteroatoms. The number of aromatic nitrogens is 1. The van der Waals surface area contributed by atoms with Gasteiger partial charge >= 0.3 is 0 Å². The zero-order valence-electron chi connectivity index (χ0n) is 10.4. The number of benzene rings is 1. The standard InChI is InChI=1S/C14H15FN2O2/c15-11-4-10(13-7-14(16)17-19-13)5-12(6-11)18-8-9-2-1-3-9/h4-7,9H,1-3,8H2,(H2,16,17). The van der Waals surface area contributed by atoms with Crippen LogP contribution in [0, 0.1) is 11.7 Å². The highest BCUT2D eigenvalue weighted by Gasteiger charge is 2.18. The van der Waals surface area contributed by atoms with Crippen molar-refractivity contribution in [3.8, 4) is 17.1 Å². The molecule has 1 aliphatic rings. The fourth-order valence-corrected chi connectivity index (χ4v) is 2.09. The molecular formula is C14H15FN2O2. The molecule has 4 nitrogen and oxygen atoms in total. The molecular weight excluding hydrogens is 247 g/mol. The molecule has 0 bridgehead atoms. The molecule has 0 saturated heterocycles. The zero-order chi connectivity index (χ0) is 13.2. The van der Waals surface area contributed by atoms with Gasteiger partial charge in [-0.15, -0.1) is 0 Å². The first-order chi connectivity index (χ1) is 9.20. The Bertz CT molecular complexity index is 579. The second kappa shape index (κ2) is 4.91. The van der Waals surface area contributed by atoms with Gasteiger partial charge in [-0.05, 0) is 30.9 Å². The molecule has 0 spiro atoms. The van der Waals surface area contributed by atoms with Crippen LogP contribution in [-0.2, 0) is 0 Å². The molecule has 0 atom stereocenters. The van der Waals surface area contributed by atoms with Crippen LogP contribution in [0.5, 0.6) is 5.75 Å². The second-order valence-electron chi connectivity index (χ2n) is 4.90. The Labute approximate surface area is 110 Å². The summed E-state index contributed by atoms with van der Waals surface area (Å²) in [5.74, 6) is 1.46. The molecule has 1 aliphatic carbocycles. The Hall–Kier alpha value is -2.04. The molecule has 2 N–H and O–H groups in total. The van der Waals surface area contributed by atoms with Crippen molar-refractivity contribution in [1.82, 2.24) is 5.16 Å². The summed E-state index contributed by atoms with van der Waals surface area (Å²) in [7, 11) is 0. The van der Waals surface area contributed by atoms with E-state index in [2.05, 4.69) is 5.16 Å². The minimum Gasteiger partial charge on any atom is -0.493 e. The number of halogens is 1. The Kier molecular flexibility index (Phi) is 3.11. The van der Waals surface area contributed by atoms with Crippen LogP contribution in [0.3, 0.4) is 0 Å². The van der Waals surface area contributed by atoms with Gasteiger partial charge in [0.15, 0.2) is 11.6 Å². The third-order valence-electron chi connectivity index (χ3n) is 3.39. The monoisotopic (exact) mass is 262 g/mol. The maximum atomic E-state index is 13.6. The number of hydrogen-bond donors (Lipinski definition) is 1. The number of rotatable bonds is 4. The number of nitrogens with two attached hydrogens (primary N) is 1. The van der Waals surface area contributed by atoms with E-state index >= 15 is 0 Å². The molecule has 1 saturated carbocycles. The van der Waals surface area contributed by atoms with Gasteiger partial charge in [0, 0.05) is 17.7 Å². The van der Waals surface area contributed by atoms with Crippen molar-refractivity contribution in [2.24, 2.45) is 5.92 Å². The highest BCUT2D eigenvalue weighted by Crippen LogP contribution is 2.30. The van der Waals surface area contributed by atoms with Crippen molar-refractivity contribution in [2.45, 2.75) is 19.3 Å². The number of anilines is 1. The lowest BCUT2D eigenvalue weighted by Gasteiger charge is -2.25. The predicted molar refractivity (Wildman–Crippen MR) is 69.1 cm³/mol. The third-order valence-corrected chi connectivity index (χ3v) is 3.39.